The minimum atomic E-state index is -0.0326. The monoisotopic (exact) mass is 484 g/mol. The summed E-state index contributed by atoms with van der Waals surface area (Å²) in [6, 6.07) is 17.5. The van der Waals surface area contributed by atoms with Gasteiger partial charge in [0.05, 0.1) is 42.9 Å². The van der Waals surface area contributed by atoms with E-state index in [0.29, 0.717) is 18.7 Å². The molecular formula is C30H36N4O2. The number of hydrogen-bond donors (Lipinski definition) is 1. The van der Waals surface area contributed by atoms with E-state index in [1.54, 1.807) is 0 Å². The third kappa shape index (κ3) is 6.30. The van der Waals surface area contributed by atoms with Crippen LogP contribution in [0.25, 0.3) is 0 Å². The number of rotatable bonds is 9. The minimum Gasteiger partial charge on any atom is -0.489 e. The van der Waals surface area contributed by atoms with Crippen molar-refractivity contribution in [2.75, 3.05) is 13.1 Å². The smallest absolute Gasteiger partial charge is 0.182 e. The summed E-state index contributed by atoms with van der Waals surface area (Å²) in [5, 5.41) is 3.65. The molecule has 2 aromatic carbocycles. The van der Waals surface area contributed by atoms with Gasteiger partial charge in [-0.15, -0.1) is 6.58 Å². The van der Waals surface area contributed by atoms with Crippen LogP contribution in [-0.2, 0) is 6.61 Å². The molecular weight excluding hydrogens is 448 g/mol. The molecule has 4 rings (SSSR count). The van der Waals surface area contributed by atoms with Crippen LogP contribution >= 0.6 is 0 Å². The van der Waals surface area contributed by atoms with Crippen LogP contribution in [0, 0.1) is 0 Å². The van der Waals surface area contributed by atoms with Crippen molar-refractivity contribution in [3.63, 3.8) is 0 Å². The Bertz CT molecular complexity index is 1150. The molecule has 1 N–H and O–H groups in total. The number of hydrogen-bond acceptors (Lipinski definition) is 6. The second-order valence-corrected chi connectivity index (χ2v) is 9.49. The van der Waals surface area contributed by atoms with Gasteiger partial charge in [-0.25, -0.2) is 0 Å². The van der Waals surface area contributed by atoms with E-state index in [9.17, 15) is 4.79 Å². The zero-order valence-corrected chi connectivity index (χ0v) is 21.5. The Labute approximate surface area is 214 Å². The van der Waals surface area contributed by atoms with Gasteiger partial charge in [0.15, 0.2) is 5.78 Å². The molecule has 0 aromatic heterocycles. The summed E-state index contributed by atoms with van der Waals surface area (Å²) < 4.78 is 5.88. The number of nitrogens with zero attached hydrogens (tertiary/aromatic N) is 3. The maximum Gasteiger partial charge on any atom is 0.182 e. The van der Waals surface area contributed by atoms with Crippen molar-refractivity contribution in [3.05, 3.63) is 90.0 Å². The Morgan fingerprint density at radius 3 is 2.61 bits per heavy atom. The predicted molar refractivity (Wildman–Crippen MR) is 147 cm³/mol. The lowest BCUT2D eigenvalue weighted by atomic mass is 9.93. The van der Waals surface area contributed by atoms with Crippen molar-refractivity contribution in [2.45, 2.75) is 58.3 Å². The summed E-state index contributed by atoms with van der Waals surface area (Å²) in [6.07, 6.45) is 5.82. The molecule has 36 heavy (non-hydrogen) atoms. The van der Waals surface area contributed by atoms with E-state index < -0.39 is 0 Å². The molecule has 2 heterocycles. The maximum absolute atomic E-state index is 13.4. The molecule has 3 atom stereocenters. The summed E-state index contributed by atoms with van der Waals surface area (Å²) in [5.74, 6) is 2.67. The van der Waals surface area contributed by atoms with Gasteiger partial charge in [0.2, 0.25) is 0 Å². The van der Waals surface area contributed by atoms with Crippen molar-refractivity contribution < 1.29 is 9.53 Å². The van der Waals surface area contributed by atoms with Gasteiger partial charge in [0.25, 0.3) is 0 Å². The van der Waals surface area contributed by atoms with E-state index in [1.165, 1.54) is 0 Å². The molecule has 0 bridgehead atoms. The number of carbonyl (C=O) groups is 1. The summed E-state index contributed by atoms with van der Waals surface area (Å²) in [4.78, 5) is 25.1. The second-order valence-electron chi connectivity index (χ2n) is 9.49. The molecule has 0 radical (unpaired) electrons. The zero-order valence-electron chi connectivity index (χ0n) is 21.5. The van der Waals surface area contributed by atoms with Crippen molar-refractivity contribution in [2.24, 2.45) is 9.98 Å². The third-order valence-electron chi connectivity index (χ3n) is 6.59. The van der Waals surface area contributed by atoms with E-state index >= 15 is 0 Å². The van der Waals surface area contributed by atoms with Gasteiger partial charge in [-0.2, -0.15) is 0 Å². The van der Waals surface area contributed by atoms with Crippen molar-refractivity contribution in [1.29, 1.82) is 0 Å². The highest BCUT2D eigenvalue weighted by atomic mass is 16.5. The fourth-order valence-corrected chi connectivity index (χ4v) is 4.79. The number of amidine groups is 2. The fraction of sp³-hybridized carbons (Fsp3) is 0.367. The van der Waals surface area contributed by atoms with Crippen LogP contribution < -0.4 is 10.1 Å². The Hall–Kier alpha value is -3.67. The molecule has 188 valence electrons. The first-order valence-corrected chi connectivity index (χ1v) is 12.7. The average molecular weight is 485 g/mol. The van der Waals surface area contributed by atoms with Crippen LogP contribution in [-0.4, -0.2) is 53.6 Å². The van der Waals surface area contributed by atoms with Gasteiger partial charge in [-0.3, -0.25) is 14.8 Å². The van der Waals surface area contributed by atoms with Crippen LogP contribution in [0.5, 0.6) is 5.75 Å². The third-order valence-corrected chi connectivity index (χ3v) is 6.59. The van der Waals surface area contributed by atoms with Gasteiger partial charge in [0.1, 0.15) is 12.4 Å². The zero-order chi connectivity index (χ0) is 25.5. The first-order chi connectivity index (χ1) is 17.4. The number of Topliss-reactive ketones (excluding diaryl/α,β-unsaturated/α-hetero) is 1. The van der Waals surface area contributed by atoms with Crippen LogP contribution in [0.15, 0.2) is 88.9 Å². The average Bonchev–Trinajstić information content (AvgIpc) is 3.21. The lowest BCUT2D eigenvalue weighted by Gasteiger charge is -2.36. The van der Waals surface area contributed by atoms with E-state index in [2.05, 4.69) is 40.9 Å². The minimum absolute atomic E-state index is 0.00484. The standard InChI is InChI=1S/C30H36N4O2/c1-5-29-31-17-9-12-26-30(27(33-29)18-21(2)3)34(22(4)32-26)19-28(35)24-13-15-25(16-14-24)36-20-23-10-7-6-8-11-23/h6-16,26-27,30H,2,5,17-20H2,1,3-4H3,(H,31,33). The Morgan fingerprint density at radius 1 is 1.17 bits per heavy atom. The normalized spacial score (nSPS) is 21.3. The van der Waals surface area contributed by atoms with Crippen molar-refractivity contribution in [1.82, 2.24) is 10.2 Å². The molecule has 0 spiro atoms. The molecule has 3 unspecified atom stereocenters. The van der Waals surface area contributed by atoms with E-state index in [0.717, 1.165) is 41.4 Å². The van der Waals surface area contributed by atoms with Crippen LogP contribution in [0.3, 0.4) is 0 Å². The molecule has 0 saturated heterocycles. The van der Waals surface area contributed by atoms with Gasteiger partial charge >= 0.3 is 0 Å². The van der Waals surface area contributed by atoms with E-state index in [4.69, 9.17) is 9.73 Å². The first-order valence-electron chi connectivity index (χ1n) is 12.7. The molecule has 6 nitrogen and oxygen atoms in total. The van der Waals surface area contributed by atoms with Crippen LogP contribution in [0.4, 0.5) is 0 Å². The number of ketones is 1. The van der Waals surface area contributed by atoms with E-state index in [1.807, 2.05) is 68.4 Å². The Morgan fingerprint density at radius 2 is 1.92 bits per heavy atom. The number of carbonyl (C=O) groups excluding carboxylic acids is 1. The highest BCUT2D eigenvalue weighted by Gasteiger charge is 2.40. The molecule has 2 aliphatic heterocycles. The molecule has 2 aliphatic rings. The molecule has 0 fully saturated rings. The van der Waals surface area contributed by atoms with Gasteiger partial charge < -0.3 is 15.0 Å². The number of nitrogens with one attached hydrogen (secondary N) is 1. The predicted octanol–water partition coefficient (Wildman–Crippen LogP) is 5.22. The summed E-state index contributed by atoms with van der Waals surface area (Å²) >= 11 is 0. The maximum atomic E-state index is 13.4. The van der Waals surface area contributed by atoms with Crippen LogP contribution in [0.2, 0.25) is 0 Å². The van der Waals surface area contributed by atoms with Crippen molar-refractivity contribution >= 4 is 17.5 Å². The molecule has 0 amide bonds. The quantitative estimate of drug-likeness (QED) is 0.391. The second kappa shape index (κ2) is 11.8. The topological polar surface area (TPSA) is 66.3 Å². The van der Waals surface area contributed by atoms with Gasteiger partial charge in [-0.1, -0.05) is 55.0 Å². The van der Waals surface area contributed by atoms with Crippen molar-refractivity contribution in [3.8, 4) is 5.75 Å². The SMILES string of the molecule is C=C(C)CC1NC(CC)=NCC=CC2N=C(C)N(CC(=O)c3ccc(OCc4ccccc4)cc3)C21. The van der Waals surface area contributed by atoms with Gasteiger partial charge in [0, 0.05) is 12.0 Å². The lowest BCUT2D eigenvalue weighted by Crippen LogP contribution is -2.55. The Kier molecular flexibility index (Phi) is 8.36. The number of benzene rings is 2. The first kappa shape index (κ1) is 25.4. The molecule has 0 saturated carbocycles. The van der Waals surface area contributed by atoms with E-state index in [-0.39, 0.29) is 30.5 Å². The lowest BCUT2D eigenvalue weighted by molar-refractivity contribution is 0.0943. The summed E-state index contributed by atoms with van der Waals surface area (Å²) in [5.41, 5.74) is 2.86. The highest BCUT2D eigenvalue weighted by Crippen LogP contribution is 2.27. The number of fused-ring (bicyclic) bond motifs is 1. The Balaban J connectivity index is 1.48. The number of ether oxygens (including phenoxy) is 1. The molecule has 0 aliphatic carbocycles. The van der Waals surface area contributed by atoms with Crippen LogP contribution in [0.1, 0.15) is 49.5 Å². The largest absolute Gasteiger partial charge is 0.489 e. The summed E-state index contributed by atoms with van der Waals surface area (Å²) in [6.45, 7) is 11.7. The fourth-order valence-electron chi connectivity index (χ4n) is 4.79. The number of aliphatic imine (C=N–C) groups is 2. The highest BCUT2D eigenvalue weighted by molar-refractivity contribution is 6.00. The molecule has 6 heteroatoms. The van der Waals surface area contributed by atoms with Gasteiger partial charge in [-0.05, 0) is 50.1 Å². The molecule has 2 aromatic rings. The summed E-state index contributed by atoms with van der Waals surface area (Å²) in [7, 11) is 0.